The van der Waals surface area contributed by atoms with E-state index in [-0.39, 0.29) is 17.9 Å². The summed E-state index contributed by atoms with van der Waals surface area (Å²) in [6.07, 6.45) is 2.00. The van der Waals surface area contributed by atoms with E-state index in [0.717, 1.165) is 25.1 Å². The van der Waals surface area contributed by atoms with Crippen LogP contribution in [-0.4, -0.2) is 42.9 Å². The molecular formula is C20H23N3O2. The van der Waals surface area contributed by atoms with Gasteiger partial charge in [0.15, 0.2) is 0 Å². The molecule has 0 spiro atoms. The van der Waals surface area contributed by atoms with Gasteiger partial charge in [0.25, 0.3) is 11.8 Å². The lowest BCUT2D eigenvalue weighted by Crippen LogP contribution is -2.45. The Morgan fingerprint density at radius 3 is 2.56 bits per heavy atom. The summed E-state index contributed by atoms with van der Waals surface area (Å²) in [7, 11) is 1.58. The van der Waals surface area contributed by atoms with Crippen molar-refractivity contribution >= 4 is 17.5 Å². The molecule has 2 aromatic carbocycles. The van der Waals surface area contributed by atoms with E-state index in [1.165, 1.54) is 0 Å². The Kier molecular flexibility index (Phi) is 5.33. The number of nitrogens with zero attached hydrogens (tertiary/aromatic N) is 1. The number of anilines is 1. The molecule has 0 bridgehead atoms. The number of hydrogen-bond donors (Lipinski definition) is 2. The molecule has 25 heavy (non-hydrogen) atoms. The van der Waals surface area contributed by atoms with E-state index < -0.39 is 0 Å². The summed E-state index contributed by atoms with van der Waals surface area (Å²) < 4.78 is 0. The summed E-state index contributed by atoms with van der Waals surface area (Å²) in [6.45, 7) is 1.41. The van der Waals surface area contributed by atoms with E-state index in [0.29, 0.717) is 17.7 Å². The molecular weight excluding hydrogens is 314 g/mol. The van der Waals surface area contributed by atoms with E-state index in [2.05, 4.69) is 10.6 Å². The van der Waals surface area contributed by atoms with Gasteiger partial charge in [-0.2, -0.15) is 0 Å². The van der Waals surface area contributed by atoms with Gasteiger partial charge in [-0.25, -0.2) is 0 Å². The molecule has 1 saturated heterocycles. The maximum absolute atomic E-state index is 12.8. The first-order valence-corrected chi connectivity index (χ1v) is 8.60. The Hall–Kier alpha value is -2.82. The average molecular weight is 337 g/mol. The van der Waals surface area contributed by atoms with Crippen molar-refractivity contribution < 1.29 is 9.59 Å². The fraction of sp³-hybridized carbons (Fsp3) is 0.300. The highest BCUT2D eigenvalue weighted by Crippen LogP contribution is 2.18. The summed E-state index contributed by atoms with van der Waals surface area (Å²) in [5.41, 5.74) is 2.13. The Morgan fingerprint density at radius 2 is 1.80 bits per heavy atom. The first kappa shape index (κ1) is 17.0. The van der Waals surface area contributed by atoms with Crippen LogP contribution in [0.15, 0.2) is 54.6 Å². The first-order chi connectivity index (χ1) is 12.2. The predicted molar refractivity (Wildman–Crippen MR) is 98.8 cm³/mol. The number of carbonyl (C=O) groups excluding carboxylic acids is 2. The number of rotatable bonds is 4. The molecule has 0 aromatic heterocycles. The SMILES string of the molecule is CNC(=O)c1cccc(C(=O)N2CCC[C@@H](Nc3ccccc3)C2)c1. The zero-order valence-corrected chi connectivity index (χ0v) is 14.4. The third-order valence-corrected chi connectivity index (χ3v) is 4.45. The van der Waals surface area contributed by atoms with Crippen LogP contribution in [0.25, 0.3) is 0 Å². The van der Waals surface area contributed by atoms with Crippen LogP contribution in [0.4, 0.5) is 5.69 Å². The third kappa shape index (κ3) is 4.18. The molecule has 5 heteroatoms. The summed E-state index contributed by atoms with van der Waals surface area (Å²) in [6, 6.07) is 17.2. The quantitative estimate of drug-likeness (QED) is 0.902. The minimum Gasteiger partial charge on any atom is -0.381 e. The molecule has 0 radical (unpaired) electrons. The molecule has 1 aliphatic heterocycles. The minimum absolute atomic E-state index is 0.0229. The average Bonchev–Trinajstić information content (AvgIpc) is 2.68. The number of carbonyl (C=O) groups is 2. The molecule has 130 valence electrons. The number of benzene rings is 2. The third-order valence-electron chi connectivity index (χ3n) is 4.45. The molecule has 2 aromatic rings. The molecule has 5 nitrogen and oxygen atoms in total. The highest BCUT2D eigenvalue weighted by molar-refractivity contribution is 5.99. The van der Waals surface area contributed by atoms with E-state index in [9.17, 15) is 9.59 Å². The lowest BCUT2D eigenvalue weighted by molar-refractivity contribution is 0.0715. The van der Waals surface area contributed by atoms with Crippen molar-refractivity contribution in [2.75, 3.05) is 25.5 Å². The van der Waals surface area contributed by atoms with Crippen molar-refractivity contribution in [2.45, 2.75) is 18.9 Å². The predicted octanol–water partition coefficient (Wildman–Crippen LogP) is 2.76. The molecule has 0 unspecified atom stereocenters. The summed E-state index contributed by atoms with van der Waals surface area (Å²) in [5, 5.41) is 6.09. The Bertz CT molecular complexity index is 746. The number of hydrogen-bond acceptors (Lipinski definition) is 3. The van der Waals surface area contributed by atoms with Gasteiger partial charge < -0.3 is 15.5 Å². The molecule has 0 aliphatic carbocycles. The molecule has 2 amide bonds. The van der Waals surface area contributed by atoms with Gasteiger partial charge >= 0.3 is 0 Å². The zero-order chi connectivity index (χ0) is 17.6. The molecule has 3 rings (SSSR count). The zero-order valence-electron chi connectivity index (χ0n) is 14.4. The van der Waals surface area contributed by atoms with Crippen LogP contribution in [0, 0.1) is 0 Å². The monoisotopic (exact) mass is 337 g/mol. The highest BCUT2D eigenvalue weighted by atomic mass is 16.2. The summed E-state index contributed by atoms with van der Waals surface area (Å²) in [4.78, 5) is 26.5. The number of nitrogens with one attached hydrogen (secondary N) is 2. The summed E-state index contributed by atoms with van der Waals surface area (Å²) >= 11 is 0. The number of likely N-dealkylation sites (tertiary alicyclic amines) is 1. The second-order valence-corrected chi connectivity index (χ2v) is 6.26. The number of para-hydroxylation sites is 1. The Balaban J connectivity index is 1.68. The maximum Gasteiger partial charge on any atom is 0.253 e. The molecule has 1 fully saturated rings. The number of amides is 2. The standard InChI is InChI=1S/C20H23N3O2/c1-21-19(24)15-7-5-8-16(13-15)20(25)23-12-6-11-18(14-23)22-17-9-3-2-4-10-17/h2-5,7-10,13,18,22H,6,11-12,14H2,1H3,(H,21,24)/t18-/m1/s1. The fourth-order valence-corrected chi connectivity index (χ4v) is 3.17. The van der Waals surface area contributed by atoms with Crippen molar-refractivity contribution in [1.29, 1.82) is 0 Å². The Labute approximate surface area is 148 Å². The van der Waals surface area contributed by atoms with E-state index in [4.69, 9.17) is 0 Å². The van der Waals surface area contributed by atoms with Crippen molar-refractivity contribution in [2.24, 2.45) is 0 Å². The van der Waals surface area contributed by atoms with Crippen LogP contribution in [0.3, 0.4) is 0 Å². The van der Waals surface area contributed by atoms with Gasteiger partial charge in [0.05, 0.1) is 0 Å². The van der Waals surface area contributed by atoms with Crippen LogP contribution in [0.2, 0.25) is 0 Å². The van der Waals surface area contributed by atoms with Crippen LogP contribution in [0.1, 0.15) is 33.6 Å². The highest BCUT2D eigenvalue weighted by Gasteiger charge is 2.24. The van der Waals surface area contributed by atoms with Gasteiger partial charge in [-0.3, -0.25) is 9.59 Å². The molecule has 0 saturated carbocycles. The van der Waals surface area contributed by atoms with Gasteiger partial charge in [0.2, 0.25) is 0 Å². The van der Waals surface area contributed by atoms with Crippen LogP contribution in [-0.2, 0) is 0 Å². The topological polar surface area (TPSA) is 61.4 Å². The van der Waals surface area contributed by atoms with E-state index >= 15 is 0 Å². The van der Waals surface area contributed by atoms with E-state index in [1.54, 1.807) is 31.3 Å². The Morgan fingerprint density at radius 1 is 1.04 bits per heavy atom. The normalized spacial score (nSPS) is 17.0. The van der Waals surface area contributed by atoms with Crippen molar-refractivity contribution in [3.05, 3.63) is 65.7 Å². The second-order valence-electron chi connectivity index (χ2n) is 6.26. The lowest BCUT2D eigenvalue weighted by Gasteiger charge is -2.33. The molecule has 1 atom stereocenters. The van der Waals surface area contributed by atoms with Gasteiger partial charge in [0.1, 0.15) is 0 Å². The van der Waals surface area contributed by atoms with Crippen LogP contribution >= 0.6 is 0 Å². The smallest absolute Gasteiger partial charge is 0.253 e. The molecule has 1 heterocycles. The van der Waals surface area contributed by atoms with Gasteiger partial charge in [0, 0.05) is 43.0 Å². The second kappa shape index (κ2) is 7.83. The first-order valence-electron chi connectivity index (χ1n) is 8.60. The van der Waals surface area contributed by atoms with Crippen LogP contribution < -0.4 is 10.6 Å². The van der Waals surface area contributed by atoms with Crippen molar-refractivity contribution in [3.63, 3.8) is 0 Å². The molecule has 1 aliphatic rings. The maximum atomic E-state index is 12.8. The van der Waals surface area contributed by atoms with E-state index in [1.807, 2.05) is 35.2 Å². The molecule has 2 N–H and O–H groups in total. The van der Waals surface area contributed by atoms with Crippen molar-refractivity contribution in [1.82, 2.24) is 10.2 Å². The van der Waals surface area contributed by atoms with Gasteiger partial charge in [-0.1, -0.05) is 24.3 Å². The largest absolute Gasteiger partial charge is 0.381 e. The lowest BCUT2D eigenvalue weighted by atomic mass is 10.0. The van der Waals surface area contributed by atoms with Gasteiger partial charge in [-0.15, -0.1) is 0 Å². The van der Waals surface area contributed by atoms with Crippen LogP contribution in [0.5, 0.6) is 0 Å². The fourth-order valence-electron chi connectivity index (χ4n) is 3.17. The number of piperidine rings is 1. The summed E-state index contributed by atoms with van der Waals surface area (Å²) in [5.74, 6) is -0.206. The van der Waals surface area contributed by atoms with Gasteiger partial charge in [-0.05, 0) is 43.2 Å². The van der Waals surface area contributed by atoms with Crippen molar-refractivity contribution in [3.8, 4) is 0 Å². The minimum atomic E-state index is -0.183.